The molecule has 0 bridgehead atoms. The number of hydrogen-bond acceptors (Lipinski definition) is 5. The minimum Gasteiger partial charge on any atom is -0.496 e. The minimum absolute atomic E-state index is 0. The van der Waals surface area contributed by atoms with Gasteiger partial charge in [-0.25, -0.2) is 4.79 Å². The van der Waals surface area contributed by atoms with Gasteiger partial charge in [-0.15, -0.1) is 24.0 Å². The van der Waals surface area contributed by atoms with Crippen molar-refractivity contribution in [3.63, 3.8) is 0 Å². The third-order valence-electron chi connectivity index (χ3n) is 4.85. The van der Waals surface area contributed by atoms with Gasteiger partial charge in [-0.1, -0.05) is 18.2 Å². The number of halogens is 1. The molecular formula is C22H38IN5O3. The maximum absolute atomic E-state index is 12.1. The first-order valence-electron chi connectivity index (χ1n) is 10.6. The van der Waals surface area contributed by atoms with Crippen LogP contribution in [0.4, 0.5) is 4.79 Å². The maximum atomic E-state index is 12.1. The number of hydrogen-bond donors (Lipinski definition) is 2. The predicted molar refractivity (Wildman–Crippen MR) is 136 cm³/mol. The zero-order chi connectivity index (χ0) is 22.0. The van der Waals surface area contributed by atoms with Crippen LogP contribution in [0.2, 0.25) is 0 Å². The van der Waals surface area contributed by atoms with E-state index in [-0.39, 0.29) is 30.1 Å². The Morgan fingerprint density at radius 1 is 1.10 bits per heavy atom. The van der Waals surface area contributed by atoms with E-state index in [0.717, 1.165) is 50.9 Å². The topological polar surface area (TPSA) is 78.4 Å². The lowest BCUT2D eigenvalue weighted by molar-refractivity contribution is 0.0147. The van der Waals surface area contributed by atoms with E-state index in [2.05, 4.69) is 26.6 Å². The monoisotopic (exact) mass is 547 g/mol. The molecule has 0 radical (unpaired) electrons. The minimum atomic E-state index is -0.452. The van der Waals surface area contributed by atoms with Crippen LogP contribution in [-0.4, -0.2) is 87.4 Å². The first-order chi connectivity index (χ1) is 14.3. The van der Waals surface area contributed by atoms with Crippen LogP contribution in [0.1, 0.15) is 26.3 Å². The summed E-state index contributed by atoms with van der Waals surface area (Å²) in [6.07, 6.45) is 0.636. The summed E-state index contributed by atoms with van der Waals surface area (Å²) in [4.78, 5) is 20.6. The lowest BCUT2D eigenvalue weighted by atomic mass is 10.1. The number of amides is 1. The summed E-state index contributed by atoms with van der Waals surface area (Å²) in [5.74, 6) is 1.70. The number of nitrogens with zero attached hydrogens (tertiary/aromatic N) is 3. The second kappa shape index (κ2) is 13.6. The Morgan fingerprint density at radius 3 is 2.35 bits per heavy atom. The van der Waals surface area contributed by atoms with Crippen LogP contribution in [0.25, 0.3) is 0 Å². The standard InChI is InChI=1S/C22H37N5O3.HI/c1-22(2,3)30-21(28)27-16-14-26(15-17-27)13-12-25-20(23-4)24-11-10-18-8-6-7-9-19(18)29-5;/h6-9H,10-17H2,1-5H3,(H2,23,24,25);1H. The van der Waals surface area contributed by atoms with Crippen LogP contribution >= 0.6 is 24.0 Å². The quantitative estimate of drug-likeness (QED) is 0.311. The summed E-state index contributed by atoms with van der Waals surface area (Å²) >= 11 is 0. The summed E-state index contributed by atoms with van der Waals surface area (Å²) in [5.41, 5.74) is 0.720. The molecule has 1 amide bonds. The summed E-state index contributed by atoms with van der Waals surface area (Å²) in [6, 6.07) is 8.05. The van der Waals surface area contributed by atoms with Crippen molar-refractivity contribution in [1.82, 2.24) is 20.4 Å². The van der Waals surface area contributed by atoms with Gasteiger partial charge in [0, 0.05) is 52.9 Å². The van der Waals surface area contributed by atoms with Gasteiger partial charge in [0.2, 0.25) is 0 Å². The zero-order valence-electron chi connectivity index (χ0n) is 19.4. The SMILES string of the molecule is CN=C(NCCc1ccccc1OC)NCCN1CCN(C(=O)OC(C)(C)C)CC1.I. The largest absolute Gasteiger partial charge is 0.496 e. The summed E-state index contributed by atoms with van der Waals surface area (Å²) in [6.45, 7) is 11.2. The number of methoxy groups -OCH3 is 1. The fourth-order valence-corrected chi connectivity index (χ4v) is 3.26. The Hall–Kier alpha value is -1.75. The van der Waals surface area contributed by atoms with Crippen molar-refractivity contribution in [2.24, 2.45) is 4.99 Å². The van der Waals surface area contributed by atoms with Crippen molar-refractivity contribution in [3.8, 4) is 5.75 Å². The van der Waals surface area contributed by atoms with E-state index in [4.69, 9.17) is 9.47 Å². The first-order valence-corrected chi connectivity index (χ1v) is 10.6. The molecule has 176 valence electrons. The van der Waals surface area contributed by atoms with Crippen LogP contribution < -0.4 is 15.4 Å². The van der Waals surface area contributed by atoms with Gasteiger partial charge in [-0.2, -0.15) is 0 Å². The molecule has 31 heavy (non-hydrogen) atoms. The molecule has 1 aromatic rings. The Bertz CT molecular complexity index is 701. The molecule has 0 saturated carbocycles. The lowest BCUT2D eigenvalue weighted by Gasteiger charge is -2.35. The smallest absolute Gasteiger partial charge is 0.410 e. The molecule has 0 aromatic heterocycles. The molecule has 8 nitrogen and oxygen atoms in total. The molecule has 1 aliphatic heterocycles. The second-order valence-corrected chi connectivity index (χ2v) is 8.30. The molecule has 1 saturated heterocycles. The number of ether oxygens (including phenoxy) is 2. The fraction of sp³-hybridized carbons (Fsp3) is 0.636. The number of rotatable bonds is 7. The van der Waals surface area contributed by atoms with Crippen LogP contribution in [-0.2, 0) is 11.2 Å². The second-order valence-electron chi connectivity index (χ2n) is 8.30. The van der Waals surface area contributed by atoms with E-state index >= 15 is 0 Å². The lowest BCUT2D eigenvalue weighted by Crippen LogP contribution is -2.51. The number of nitrogens with one attached hydrogen (secondary N) is 2. The van der Waals surface area contributed by atoms with Gasteiger partial charge in [0.25, 0.3) is 0 Å². The Morgan fingerprint density at radius 2 is 1.74 bits per heavy atom. The molecule has 1 aliphatic rings. The predicted octanol–water partition coefficient (Wildman–Crippen LogP) is 2.57. The van der Waals surface area contributed by atoms with Crippen LogP contribution in [0.3, 0.4) is 0 Å². The summed E-state index contributed by atoms with van der Waals surface area (Å²) in [7, 11) is 3.47. The third-order valence-corrected chi connectivity index (χ3v) is 4.85. The van der Waals surface area contributed by atoms with E-state index in [9.17, 15) is 4.79 Å². The van der Waals surface area contributed by atoms with Gasteiger partial charge in [-0.3, -0.25) is 9.89 Å². The molecule has 0 atom stereocenters. The molecule has 9 heteroatoms. The van der Waals surface area contributed by atoms with E-state index in [1.807, 2.05) is 39.0 Å². The average molecular weight is 547 g/mol. The molecule has 1 aromatic carbocycles. The molecule has 0 aliphatic carbocycles. The molecular weight excluding hydrogens is 509 g/mol. The summed E-state index contributed by atoms with van der Waals surface area (Å²) < 4.78 is 10.8. The van der Waals surface area contributed by atoms with E-state index in [1.165, 1.54) is 5.56 Å². The van der Waals surface area contributed by atoms with Gasteiger partial charge >= 0.3 is 6.09 Å². The van der Waals surface area contributed by atoms with Crippen molar-refractivity contribution in [3.05, 3.63) is 29.8 Å². The number of benzene rings is 1. The number of piperazine rings is 1. The van der Waals surface area contributed by atoms with E-state index in [0.29, 0.717) is 13.1 Å². The normalized spacial score (nSPS) is 15.1. The Labute approximate surface area is 203 Å². The Balaban J connectivity index is 0.00000480. The van der Waals surface area contributed by atoms with Crippen molar-refractivity contribution in [2.75, 3.05) is 60.0 Å². The third kappa shape index (κ3) is 9.94. The number of aliphatic imine (C=N–C) groups is 1. The molecule has 2 N–H and O–H groups in total. The highest BCUT2D eigenvalue weighted by molar-refractivity contribution is 14.0. The van der Waals surface area contributed by atoms with Crippen molar-refractivity contribution >= 4 is 36.0 Å². The maximum Gasteiger partial charge on any atom is 0.410 e. The van der Waals surface area contributed by atoms with Crippen LogP contribution in [0, 0.1) is 0 Å². The van der Waals surface area contributed by atoms with Crippen molar-refractivity contribution < 1.29 is 14.3 Å². The van der Waals surface area contributed by atoms with E-state index < -0.39 is 5.60 Å². The molecule has 1 heterocycles. The highest BCUT2D eigenvalue weighted by atomic mass is 127. The van der Waals surface area contributed by atoms with Crippen LogP contribution in [0.15, 0.2) is 29.3 Å². The van der Waals surface area contributed by atoms with Gasteiger partial charge in [-0.05, 0) is 38.8 Å². The van der Waals surface area contributed by atoms with Gasteiger partial charge in [0.15, 0.2) is 5.96 Å². The fourth-order valence-electron chi connectivity index (χ4n) is 3.26. The number of carbonyl (C=O) groups is 1. The highest BCUT2D eigenvalue weighted by Gasteiger charge is 2.25. The zero-order valence-corrected chi connectivity index (χ0v) is 21.8. The number of guanidine groups is 1. The average Bonchev–Trinajstić information content (AvgIpc) is 2.72. The Kier molecular flexibility index (Phi) is 12.0. The molecule has 0 spiro atoms. The van der Waals surface area contributed by atoms with Crippen LogP contribution in [0.5, 0.6) is 5.75 Å². The molecule has 1 fully saturated rings. The highest BCUT2D eigenvalue weighted by Crippen LogP contribution is 2.17. The van der Waals surface area contributed by atoms with Gasteiger partial charge in [0.05, 0.1) is 7.11 Å². The van der Waals surface area contributed by atoms with Crippen molar-refractivity contribution in [1.29, 1.82) is 0 Å². The molecule has 2 rings (SSSR count). The number of carbonyl (C=O) groups excluding carboxylic acids is 1. The van der Waals surface area contributed by atoms with Crippen molar-refractivity contribution in [2.45, 2.75) is 32.8 Å². The van der Waals surface area contributed by atoms with Gasteiger partial charge < -0.3 is 25.0 Å². The van der Waals surface area contributed by atoms with E-state index in [1.54, 1.807) is 19.1 Å². The van der Waals surface area contributed by atoms with Gasteiger partial charge in [0.1, 0.15) is 11.4 Å². The number of para-hydroxylation sites is 1. The summed E-state index contributed by atoms with van der Waals surface area (Å²) in [5, 5.41) is 6.70. The first kappa shape index (κ1) is 27.3. The molecule has 0 unspecified atom stereocenters.